The highest BCUT2D eigenvalue weighted by atomic mass is 32.2. The standard InChI is InChI=1S/C16H21NO5S/c1-4-10-16(14(18)15(19)22-5-2)11-17(3)12-8-6-7-9-13(12)23(16,20)21/h4,6-10,14,18H,5,11H2,1-3H3/b10-4-. The molecule has 2 rings (SSSR count). The molecule has 2 unspecified atom stereocenters. The number of para-hydroxylation sites is 1. The highest BCUT2D eigenvalue weighted by Gasteiger charge is 2.56. The lowest BCUT2D eigenvalue weighted by Crippen LogP contribution is -2.60. The maximum atomic E-state index is 13.2. The van der Waals surface area contributed by atoms with Crippen LogP contribution in [0.1, 0.15) is 13.8 Å². The summed E-state index contributed by atoms with van der Waals surface area (Å²) in [7, 11) is -2.26. The molecule has 0 aliphatic carbocycles. The summed E-state index contributed by atoms with van der Waals surface area (Å²) >= 11 is 0. The van der Waals surface area contributed by atoms with Crippen molar-refractivity contribution in [3.63, 3.8) is 0 Å². The number of ether oxygens (including phenoxy) is 1. The first kappa shape index (κ1) is 17.5. The molecule has 126 valence electrons. The number of allylic oxidation sites excluding steroid dienone is 1. The fourth-order valence-corrected chi connectivity index (χ4v) is 5.15. The second-order valence-electron chi connectivity index (χ2n) is 5.44. The molecule has 0 bridgehead atoms. The quantitative estimate of drug-likeness (QED) is 0.654. The van der Waals surface area contributed by atoms with E-state index >= 15 is 0 Å². The van der Waals surface area contributed by atoms with Gasteiger partial charge < -0.3 is 14.7 Å². The lowest BCUT2D eigenvalue weighted by atomic mass is 9.99. The molecule has 0 saturated carbocycles. The van der Waals surface area contributed by atoms with Crippen molar-refractivity contribution in [2.75, 3.05) is 25.1 Å². The number of sulfone groups is 1. The van der Waals surface area contributed by atoms with E-state index in [0.29, 0.717) is 5.69 Å². The zero-order valence-corrected chi connectivity index (χ0v) is 14.2. The lowest BCUT2D eigenvalue weighted by molar-refractivity contribution is -0.154. The van der Waals surface area contributed by atoms with Crippen molar-refractivity contribution >= 4 is 21.5 Å². The van der Waals surface area contributed by atoms with Gasteiger partial charge in [0.15, 0.2) is 15.9 Å². The Labute approximate surface area is 136 Å². The van der Waals surface area contributed by atoms with Crippen LogP contribution in [0, 0.1) is 0 Å². The fraction of sp³-hybridized carbons (Fsp3) is 0.438. The number of hydrogen-bond acceptors (Lipinski definition) is 6. The molecule has 0 aromatic heterocycles. The van der Waals surface area contributed by atoms with E-state index in [1.807, 2.05) is 0 Å². The largest absolute Gasteiger partial charge is 0.464 e. The van der Waals surface area contributed by atoms with Gasteiger partial charge in [-0.3, -0.25) is 0 Å². The van der Waals surface area contributed by atoms with E-state index in [-0.39, 0.29) is 18.0 Å². The molecule has 1 N–H and O–H groups in total. The van der Waals surface area contributed by atoms with Gasteiger partial charge in [0.05, 0.1) is 17.2 Å². The SMILES string of the molecule is C/C=C\C1(C(O)C(=O)OCC)CN(C)c2ccccc2S1(=O)=O. The van der Waals surface area contributed by atoms with Crippen LogP contribution in [-0.4, -0.2) is 50.5 Å². The Morgan fingerprint density at radius 2 is 2.13 bits per heavy atom. The number of carbonyl (C=O) groups excluding carboxylic acids is 1. The molecule has 1 aliphatic rings. The highest BCUT2D eigenvalue weighted by molar-refractivity contribution is 7.93. The van der Waals surface area contributed by atoms with Crippen LogP contribution in [0.3, 0.4) is 0 Å². The number of carbonyl (C=O) groups is 1. The van der Waals surface area contributed by atoms with Crippen LogP contribution in [0.5, 0.6) is 0 Å². The van der Waals surface area contributed by atoms with Gasteiger partial charge in [-0.25, -0.2) is 13.2 Å². The van der Waals surface area contributed by atoms with E-state index in [1.165, 1.54) is 18.2 Å². The normalized spacial score (nSPS) is 24.3. The number of rotatable bonds is 4. The van der Waals surface area contributed by atoms with Crippen LogP contribution in [0.4, 0.5) is 5.69 Å². The number of esters is 1. The molecule has 1 aromatic carbocycles. The number of benzene rings is 1. The molecule has 1 aliphatic heterocycles. The molecule has 7 heteroatoms. The third kappa shape index (κ3) is 2.64. The third-order valence-electron chi connectivity index (χ3n) is 3.97. The zero-order valence-electron chi connectivity index (χ0n) is 13.4. The number of aliphatic hydroxyl groups is 1. The van der Waals surface area contributed by atoms with Gasteiger partial charge in [-0.15, -0.1) is 0 Å². The second kappa shape index (κ2) is 6.33. The van der Waals surface area contributed by atoms with E-state index in [4.69, 9.17) is 4.74 Å². The lowest BCUT2D eigenvalue weighted by Gasteiger charge is -2.42. The van der Waals surface area contributed by atoms with Gasteiger partial charge in [-0.2, -0.15) is 0 Å². The van der Waals surface area contributed by atoms with Gasteiger partial charge in [0.1, 0.15) is 4.75 Å². The van der Waals surface area contributed by atoms with Crippen LogP contribution in [-0.2, 0) is 19.4 Å². The predicted octanol–water partition coefficient (Wildman–Crippen LogP) is 1.15. The van der Waals surface area contributed by atoms with Crippen molar-refractivity contribution in [1.29, 1.82) is 0 Å². The van der Waals surface area contributed by atoms with Gasteiger partial charge in [0.2, 0.25) is 0 Å². The molecule has 0 saturated heterocycles. The monoisotopic (exact) mass is 339 g/mol. The van der Waals surface area contributed by atoms with Crippen molar-refractivity contribution in [3.05, 3.63) is 36.4 Å². The Bertz CT molecular complexity index is 728. The van der Waals surface area contributed by atoms with Gasteiger partial charge in [-0.05, 0) is 26.0 Å². The molecule has 2 atom stereocenters. The van der Waals surface area contributed by atoms with Gasteiger partial charge >= 0.3 is 5.97 Å². The molecule has 1 aromatic rings. The molecule has 0 amide bonds. The number of nitrogens with zero attached hydrogens (tertiary/aromatic N) is 1. The zero-order chi connectivity index (χ0) is 17.3. The summed E-state index contributed by atoms with van der Waals surface area (Å²) in [6.07, 6.45) is 1.09. The topological polar surface area (TPSA) is 83.9 Å². The number of fused-ring (bicyclic) bond motifs is 1. The molecule has 1 heterocycles. The minimum absolute atomic E-state index is 0.0450. The molecule has 23 heavy (non-hydrogen) atoms. The van der Waals surface area contributed by atoms with Crippen molar-refractivity contribution < 1.29 is 23.1 Å². The Morgan fingerprint density at radius 1 is 1.48 bits per heavy atom. The third-order valence-corrected chi connectivity index (χ3v) is 6.39. The van der Waals surface area contributed by atoms with E-state index in [9.17, 15) is 18.3 Å². The van der Waals surface area contributed by atoms with Gasteiger partial charge in [-0.1, -0.05) is 24.3 Å². The number of hydrogen-bond donors (Lipinski definition) is 1. The first-order valence-corrected chi connectivity index (χ1v) is 8.83. The van der Waals surface area contributed by atoms with Crippen LogP contribution in [0.2, 0.25) is 0 Å². The van der Waals surface area contributed by atoms with Crippen molar-refractivity contribution in [3.8, 4) is 0 Å². The van der Waals surface area contributed by atoms with E-state index in [1.54, 1.807) is 44.0 Å². The first-order valence-electron chi connectivity index (χ1n) is 7.35. The molecule has 0 fully saturated rings. The van der Waals surface area contributed by atoms with Gasteiger partial charge in [0.25, 0.3) is 0 Å². The van der Waals surface area contributed by atoms with Crippen LogP contribution in [0.25, 0.3) is 0 Å². The summed E-state index contributed by atoms with van der Waals surface area (Å²) in [5.74, 6) is -0.943. The average molecular weight is 339 g/mol. The summed E-state index contributed by atoms with van der Waals surface area (Å²) in [5, 5.41) is 10.5. The Kier molecular flexibility index (Phi) is 4.81. The molecule has 6 nitrogen and oxygen atoms in total. The van der Waals surface area contributed by atoms with Crippen molar-refractivity contribution in [1.82, 2.24) is 0 Å². The van der Waals surface area contributed by atoms with Crippen molar-refractivity contribution in [2.45, 2.75) is 29.6 Å². The summed E-state index contributed by atoms with van der Waals surface area (Å²) in [5.41, 5.74) is 0.545. The molecular formula is C16H21NO5S. The summed E-state index contributed by atoms with van der Waals surface area (Å²) < 4.78 is 29.4. The van der Waals surface area contributed by atoms with Crippen LogP contribution < -0.4 is 4.90 Å². The summed E-state index contributed by atoms with van der Waals surface area (Å²) in [6.45, 7) is 3.27. The smallest absolute Gasteiger partial charge is 0.337 e. The minimum atomic E-state index is -3.98. The maximum absolute atomic E-state index is 13.2. The average Bonchev–Trinajstić information content (AvgIpc) is 2.52. The van der Waals surface area contributed by atoms with Gasteiger partial charge in [0, 0.05) is 13.6 Å². The molecule has 0 radical (unpaired) electrons. The number of aliphatic hydroxyl groups excluding tert-OH is 1. The maximum Gasteiger partial charge on any atom is 0.337 e. The summed E-state index contributed by atoms with van der Waals surface area (Å²) in [6, 6.07) is 6.54. The van der Waals surface area contributed by atoms with E-state index in [0.717, 1.165) is 0 Å². The Hall–Kier alpha value is -1.86. The minimum Gasteiger partial charge on any atom is -0.464 e. The first-order chi connectivity index (χ1) is 10.8. The molecule has 0 spiro atoms. The Morgan fingerprint density at radius 3 is 2.74 bits per heavy atom. The number of anilines is 1. The van der Waals surface area contributed by atoms with Crippen LogP contribution >= 0.6 is 0 Å². The highest BCUT2D eigenvalue weighted by Crippen LogP contribution is 2.41. The van der Waals surface area contributed by atoms with Crippen LogP contribution in [0.15, 0.2) is 41.3 Å². The van der Waals surface area contributed by atoms with E-state index < -0.39 is 26.7 Å². The summed E-state index contributed by atoms with van der Waals surface area (Å²) in [4.78, 5) is 13.9. The Balaban J connectivity index is 2.68. The van der Waals surface area contributed by atoms with Crippen molar-refractivity contribution in [2.24, 2.45) is 0 Å². The fourth-order valence-electron chi connectivity index (χ4n) is 2.91. The second-order valence-corrected chi connectivity index (χ2v) is 7.64. The molecular weight excluding hydrogens is 318 g/mol. The predicted molar refractivity (Wildman–Crippen MR) is 87.1 cm³/mol. The van der Waals surface area contributed by atoms with E-state index in [2.05, 4.69) is 0 Å².